The lowest BCUT2D eigenvalue weighted by molar-refractivity contribution is -0.182. The Labute approximate surface area is 168 Å². The molecule has 0 aliphatic carbocycles. The summed E-state index contributed by atoms with van der Waals surface area (Å²) in [6.07, 6.45) is 0.972. The predicted octanol–water partition coefficient (Wildman–Crippen LogP) is 3.02. The van der Waals surface area contributed by atoms with E-state index in [1.165, 1.54) is 0 Å². The lowest BCUT2D eigenvalue weighted by Gasteiger charge is -2.55. The van der Waals surface area contributed by atoms with E-state index in [-0.39, 0.29) is 17.1 Å². The number of halogens is 1. The van der Waals surface area contributed by atoms with Gasteiger partial charge in [-0.1, -0.05) is 55.8 Å². The van der Waals surface area contributed by atoms with E-state index in [4.69, 9.17) is 26.3 Å². The third-order valence-corrected chi connectivity index (χ3v) is 6.01. The first kappa shape index (κ1) is 18.0. The smallest absolute Gasteiger partial charge is 0.182 e. The zero-order chi connectivity index (χ0) is 19.5. The first-order valence-electron chi connectivity index (χ1n) is 9.59. The summed E-state index contributed by atoms with van der Waals surface area (Å²) in [4.78, 5) is 9.72. The monoisotopic (exact) mass is 398 g/mol. The van der Waals surface area contributed by atoms with Crippen LogP contribution < -0.4 is 5.32 Å². The van der Waals surface area contributed by atoms with Crippen LogP contribution in [0.15, 0.2) is 24.3 Å². The average molecular weight is 399 g/mol. The molecule has 4 heterocycles. The minimum absolute atomic E-state index is 0.0110. The third kappa shape index (κ3) is 2.72. The van der Waals surface area contributed by atoms with Crippen LogP contribution in [0.5, 0.6) is 0 Å². The Morgan fingerprint density at radius 1 is 1.29 bits per heavy atom. The SMILES string of the molecule is CC(C)(C)c1nc(C2OCC23CCN3)c2nnn(Cc3ccccc3Cl)c2n1. The van der Waals surface area contributed by atoms with Gasteiger partial charge in [0.1, 0.15) is 17.6 Å². The number of aromatic nitrogens is 5. The van der Waals surface area contributed by atoms with Crippen LogP contribution in [0.1, 0.15) is 50.4 Å². The fourth-order valence-electron chi connectivity index (χ4n) is 3.79. The maximum Gasteiger partial charge on any atom is 0.182 e. The number of hydrogen-bond donors (Lipinski definition) is 1. The summed E-state index contributed by atoms with van der Waals surface area (Å²) in [6, 6.07) is 7.76. The minimum Gasteiger partial charge on any atom is -0.368 e. The predicted molar refractivity (Wildman–Crippen MR) is 106 cm³/mol. The van der Waals surface area contributed by atoms with Gasteiger partial charge in [-0.05, 0) is 24.6 Å². The molecule has 28 heavy (non-hydrogen) atoms. The number of benzene rings is 1. The molecule has 0 amide bonds. The zero-order valence-corrected chi connectivity index (χ0v) is 17.0. The van der Waals surface area contributed by atoms with Crippen LogP contribution >= 0.6 is 11.6 Å². The molecule has 5 rings (SSSR count). The maximum atomic E-state index is 6.35. The molecular formula is C20H23ClN6O. The fourth-order valence-corrected chi connectivity index (χ4v) is 3.99. The molecule has 0 saturated carbocycles. The highest BCUT2D eigenvalue weighted by molar-refractivity contribution is 6.31. The van der Waals surface area contributed by atoms with Crippen LogP contribution in [0, 0.1) is 0 Å². The van der Waals surface area contributed by atoms with Crippen molar-refractivity contribution in [2.75, 3.05) is 13.2 Å². The molecule has 2 unspecified atom stereocenters. The fraction of sp³-hybridized carbons (Fsp3) is 0.500. The number of fused-ring (bicyclic) bond motifs is 1. The highest BCUT2D eigenvalue weighted by Crippen LogP contribution is 2.46. The number of hydrogen-bond acceptors (Lipinski definition) is 6. The standard InChI is InChI=1S/C20H23ClN6O/c1-19(2,3)18-23-14(16-20(11-28-16)8-9-22-20)15-17(24-18)27(26-25-15)10-12-6-4-5-7-13(12)21/h4-7,16,22H,8-11H2,1-3H3. The Morgan fingerprint density at radius 2 is 2.07 bits per heavy atom. The van der Waals surface area contributed by atoms with E-state index in [2.05, 4.69) is 36.4 Å². The molecule has 1 spiro atoms. The summed E-state index contributed by atoms with van der Waals surface area (Å²) in [7, 11) is 0. The molecule has 2 aliphatic heterocycles. The molecule has 0 bridgehead atoms. The highest BCUT2D eigenvalue weighted by Gasteiger charge is 2.55. The zero-order valence-electron chi connectivity index (χ0n) is 16.2. The largest absolute Gasteiger partial charge is 0.368 e. The van der Waals surface area contributed by atoms with Crippen LogP contribution in [0.3, 0.4) is 0 Å². The highest BCUT2D eigenvalue weighted by atomic mass is 35.5. The van der Waals surface area contributed by atoms with Gasteiger partial charge in [-0.3, -0.25) is 0 Å². The summed E-state index contributed by atoms with van der Waals surface area (Å²) in [5.41, 5.74) is 3.02. The van der Waals surface area contributed by atoms with Crippen molar-refractivity contribution >= 4 is 22.8 Å². The van der Waals surface area contributed by atoms with Gasteiger partial charge in [0, 0.05) is 10.4 Å². The minimum atomic E-state index is -0.202. The quantitative estimate of drug-likeness (QED) is 0.730. The van der Waals surface area contributed by atoms with Gasteiger partial charge in [0.15, 0.2) is 11.2 Å². The van der Waals surface area contributed by atoms with Crippen molar-refractivity contribution in [2.45, 2.75) is 50.8 Å². The molecule has 2 saturated heterocycles. The molecular weight excluding hydrogens is 376 g/mol. The first-order valence-corrected chi connectivity index (χ1v) is 9.97. The van der Waals surface area contributed by atoms with Gasteiger partial charge >= 0.3 is 0 Å². The van der Waals surface area contributed by atoms with E-state index in [1.54, 1.807) is 4.68 Å². The summed E-state index contributed by atoms with van der Waals surface area (Å²) >= 11 is 6.35. The molecule has 8 heteroatoms. The normalized spacial score (nSPS) is 24.4. The molecule has 2 aliphatic rings. The van der Waals surface area contributed by atoms with Gasteiger partial charge in [0.05, 0.1) is 18.7 Å². The van der Waals surface area contributed by atoms with E-state index in [0.717, 1.165) is 35.7 Å². The number of ether oxygens (including phenoxy) is 1. The maximum absolute atomic E-state index is 6.35. The molecule has 1 aromatic carbocycles. The molecule has 2 atom stereocenters. The Kier molecular flexibility index (Phi) is 3.98. The van der Waals surface area contributed by atoms with Gasteiger partial charge in [0.2, 0.25) is 0 Å². The Bertz CT molecular complexity index is 1050. The second-order valence-electron chi connectivity index (χ2n) is 8.72. The molecule has 2 fully saturated rings. The van der Waals surface area contributed by atoms with Crippen LogP contribution in [-0.4, -0.2) is 43.7 Å². The molecule has 3 aromatic rings. The number of rotatable bonds is 3. The molecule has 1 N–H and O–H groups in total. The topological polar surface area (TPSA) is 77.8 Å². The lowest BCUT2D eigenvalue weighted by atomic mass is 9.77. The molecule has 0 radical (unpaired) electrons. The summed E-state index contributed by atoms with van der Waals surface area (Å²) in [5, 5.41) is 13.0. The van der Waals surface area contributed by atoms with Crippen LogP contribution in [0.25, 0.3) is 11.2 Å². The summed E-state index contributed by atoms with van der Waals surface area (Å²) in [5.74, 6) is 0.766. The molecule has 146 valence electrons. The molecule has 2 aromatic heterocycles. The van der Waals surface area contributed by atoms with Gasteiger partial charge in [-0.2, -0.15) is 0 Å². The van der Waals surface area contributed by atoms with Crippen molar-refractivity contribution in [3.05, 3.63) is 46.4 Å². The first-order chi connectivity index (χ1) is 13.4. The van der Waals surface area contributed by atoms with E-state index in [0.29, 0.717) is 23.7 Å². The van der Waals surface area contributed by atoms with Gasteiger partial charge in [-0.25, -0.2) is 14.6 Å². The third-order valence-electron chi connectivity index (χ3n) is 5.64. The second kappa shape index (κ2) is 6.20. The average Bonchev–Trinajstić information content (AvgIpc) is 2.97. The summed E-state index contributed by atoms with van der Waals surface area (Å²) < 4.78 is 7.75. The van der Waals surface area contributed by atoms with Crippen molar-refractivity contribution < 1.29 is 4.74 Å². The Morgan fingerprint density at radius 3 is 2.68 bits per heavy atom. The van der Waals surface area contributed by atoms with Crippen LogP contribution in [0.2, 0.25) is 5.02 Å². The Hall–Kier alpha value is -2.09. The van der Waals surface area contributed by atoms with Gasteiger partial charge < -0.3 is 10.1 Å². The number of nitrogens with zero attached hydrogens (tertiary/aromatic N) is 5. The van der Waals surface area contributed by atoms with Gasteiger partial charge in [-0.15, -0.1) is 5.10 Å². The van der Waals surface area contributed by atoms with E-state index in [9.17, 15) is 0 Å². The number of nitrogens with one attached hydrogen (secondary N) is 1. The summed E-state index contributed by atoms with van der Waals surface area (Å²) in [6.45, 7) is 8.56. The van der Waals surface area contributed by atoms with Crippen molar-refractivity contribution in [2.24, 2.45) is 0 Å². The lowest BCUT2D eigenvalue weighted by Crippen LogP contribution is -2.70. The van der Waals surface area contributed by atoms with Crippen molar-refractivity contribution in [3.8, 4) is 0 Å². The van der Waals surface area contributed by atoms with Crippen molar-refractivity contribution in [3.63, 3.8) is 0 Å². The Balaban J connectivity index is 1.64. The van der Waals surface area contributed by atoms with Gasteiger partial charge in [0.25, 0.3) is 0 Å². The van der Waals surface area contributed by atoms with E-state index < -0.39 is 0 Å². The second-order valence-corrected chi connectivity index (χ2v) is 9.12. The molecule has 7 nitrogen and oxygen atoms in total. The van der Waals surface area contributed by atoms with E-state index in [1.807, 2.05) is 24.3 Å². The van der Waals surface area contributed by atoms with E-state index >= 15 is 0 Å². The van der Waals surface area contributed by atoms with Crippen LogP contribution in [-0.2, 0) is 16.7 Å². The van der Waals surface area contributed by atoms with Crippen LogP contribution in [0.4, 0.5) is 0 Å². The van der Waals surface area contributed by atoms with Crippen molar-refractivity contribution in [1.29, 1.82) is 0 Å². The van der Waals surface area contributed by atoms with Crippen molar-refractivity contribution in [1.82, 2.24) is 30.3 Å².